The number of ether oxygens (including phenoxy) is 1. The number of aliphatic hydroxyl groups excluding tert-OH is 1. The highest BCUT2D eigenvalue weighted by atomic mass is 31.3. The van der Waals surface area contributed by atoms with Gasteiger partial charge < -0.3 is 39.7 Å². The van der Waals surface area contributed by atoms with E-state index < -0.39 is 54.6 Å². The van der Waals surface area contributed by atoms with Crippen molar-refractivity contribution in [1.82, 2.24) is 19.5 Å². The average molecular weight is 531 g/mol. The monoisotopic (exact) mass is 531 g/mol. The molecule has 0 saturated carbocycles. The third kappa shape index (κ3) is 6.11. The maximum absolute atomic E-state index is 11.8. The number of azide groups is 1. The zero-order valence-corrected chi connectivity index (χ0v) is 18.5. The van der Waals surface area contributed by atoms with E-state index in [1.165, 1.54) is 10.9 Å². The summed E-state index contributed by atoms with van der Waals surface area (Å²) in [4.78, 5) is 52.3. The van der Waals surface area contributed by atoms with E-state index in [-0.39, 0.29) is 17.0 Å². The van der Waals surface area contributed by atoms with Crippen molar-refractivity contribution < 1.29 is 56.3 Å². The maximum Gasteiger partial charge on any atom is 0.487 e. The number of phosphoric acid groups is 3. The fraction of sp³-hybridized carbons (Fsp3) is 0.500. The molecule has 0 amide bonds. The molecular weight excluding hydrogens is 517 g/mol. The molecule has 33 heavy (non-hydrogen) atoms. The van der Waals surface area contributed by atoms with Gasteiger partial charge in [-0.2, -0.15) is 4.31 Å². The molecule has 23 heteroatoms. The largest absolute Gasteiger partial charge is 0.756 e. The Morgan fingerprint density at radius 1 is 1.27 bits per heavy atom. The fourth-order valence-corrected chi connectivity index (χ4v) is 5.79. The summed E-state index contributed by atoms with van der Waals surface area (Å²) in [6.07, 6.45) is -2.12. The number of hydrogen-bond acceptors (Lipinski definition) is 14. The lowest BCUT2D eigenvalue weighted by molar-refractivity contribution is -0.221. The van der Waals surface area contributed by atoms with Crippen LogP contribution in [0.5, 0.6) is 0 Å². The third-order valence-corrected chi connectivity index (χ3v) is 7.76. The summed E-state index contributed by atoms with van der Waals surface area (Å²) in [6.45, 7) is -1.03. The van der Waals surface area contributed by atoms with E-state index in [2.05, 4.69) is 38.1 Å². The predicted octanol–water partition coefficient (Wildman–Crippen LogP) is -0.943. The van der Waals surface area contributed by atoms with Gasteiger partial charge in [0.1, 0.15) is 30.2 Å². The number of phosphoric ester groups is 1. The number of imidazole rings is 1. The van der Waals surface area contributed by atoms with Crippen molar-refractivity contribution in [2.45, 2.75) is 24.5 Å². The van der Waals surface area contributed by atoms with Gasteiger partial charge in [0.15, 0.2) is 11.5 Å². The van der Waals surface area contributed by atoms with E-state index in [0.717, 1.165) is 6.33 Å². The van der Waals surface area contributed by atoms with Crippen LogP contribution >= 0.6 is 23.5 Å². The Bertz CT molecular complexity index is 1230. The van der Waals surface area contributed by atoms with Gasteiger partial charge in [0.2, 0.25) is 0 Å². The van der Waals surface area contributed by atoms with Crippen molar-refractivity contribution in [3.05, 3.63) is 23.1 Å². The van der Waals surface area contributed by atoms with Crippen LogP contribution in [0.3, 0.4) is 0 Å². The van der Waals surface area contributed by atoms with Gasteiger partial charge >= 0.3 is 15.6 Å². The van der Waals surface area contributed by atoms with Gasteiger partial charge in [-0.15, -0.1) is 0 Å². The molecule has 0 aromatic carbocycles. The molecule has 6 N–H and O–H groups in total. The van der Waals surface area contributed by atoms with Crippen LogP contribution in [0, 0.1) is 0 Å². The molecule has 1 saturated heterocycles. The topological polar surface area (TPSA) is 310 Å². The highest BCUT2D eigenvalue weighted by Crippen LogP contribution is 2.65. The molecule has 0 bridgehead atoms. The number of rotatable bonds is 9. The van der Waals surface area contributed by atoms with Gasteiger partial charge in [-0.3, -0.25) is 9.13 Å². The molecule has 3 rings (SSSR count). The number of hydrogen-bond donors (Lipinski definition) is 5. The highest BCUT2D eigenvalue weighted by molar-refractivity contribution is 7.66. The molecule has 1 fully saturated rings. The number of anilines is 1. The first-order valence-corrected chi connectivity index (χ1v) is 12.8. The maximum atomic E-state index is 11.8. The standard InChI is InChI=1S/C10H15N8O12P3/c11-8-6-9(14-2-13-8)18(3-15-6)10-5(16-17-12)7(19)4(28-10)1-27-32(23,24)30-33(25,26)29-31(20,21)22/h2-5,7,10,19H,1H2,(H,23,24)(H,25,26)(H2,11,13,14)(H2,20,21,22)/p-1. The van der Waals surface area contributed by atoms with Crippen LogP contribution < -0.4 is 10.6 Å². The van der Waals surface area contributed by atoms with Gasteiger partial charge in [0, 0.05) is 4.91 Å². The molecule has 6 unspecified atom stereocenters. The molecule has 2 aromatic rings. The van der Waals surface area contributed by atoms with Crippen molar-refractivity contribution >= 4 is 40.4 Å². The zero-order valence-electron chi connectivity index (χ0n) is 15.8. The normalized spacial score (nSPS) is 27.1. The SMILES string of the molecule is [N-]=[N+]=NC1C(O)C(COP(=O)([O-])OP(=O)(O)OP(=O)(O)O)OC1n1cnc2c(N)ncnc21. The summed E-state index contributed by atoms with van der Waals surface area (Å²) in [5.41, 5.74) is 14.8. The quantitative estimate of drug-likeness (QED) is 0.113. The number of nitrogens with zero attached hydrogens (tertiary/aromatic N) is 7. The lowest BCUT2D eigenvalue weighted by Crippen LogP contribution is -2.33. The summed E-state index contributed by atoms with van der Waals surface area (Å²) in [6, 6.07) is -1.34. The summed E-state index contributed by atoms with van der Waals surface area (Å²) < 4.78 is 51.9. The van der Waals surface area contributed by atoms with Crippen LogP contribution in [0.1, 0.15) is 6.23 Å². The molecule has 1 aliphatic rings. The lowest BCUT2D eigenvalue weighted by atomic mass is 10.1. The van der Waals surface area contributed by atoms with Crippen LogP contribution in [0.15, 0.2) is 17.8 Å². The van der Waals surface area contributed by atoms with E-state index in [4.69, 9.17) is 30.7 Å². The minimum atomic E-state index is -5.79. The molecule has 3 heterocycles. The van der Waals surface area contributed by atoms with Crippen molar-refractivity contribution in [3.63, 3.8) is 0 Å². The molecule has 2 aromatic heterocycles. The van der Waals surface area contributed by atoms with Crippen molar-refractivity contribution in [3.8, 4) is 0 Å². The highest BCUT2D eigenvalue weighted by Gasteiger charge is 2.46. The Morgan fingerprint density at radius 2 is 1.97 bits per heavy atom. The van der Waals surface area contributed by atoms with Crippen molar-refractivity contribution in [2.24, 2.45) is 5.11 Å². The minimum absolute atomic E-state index is 0.0212. The lowest BCUT2D eigenvalue weighted by Gasteiger charge is -2.26. The Balaban J connectivity index is 1.77. The molecular formula is C10H14N8O12P3-. The van der Waals surface area contributed by atoms with Crippen LogP contribution in [0.2, 0.25) is 0 Å². The van der Waals surface area contributed by atoms with Gasteiger partial charge in [-0.25, -0.2) is 28.4 Å². The van der Waals surface area contributed by atoms with Gasteiger partial charge in [-0.05, 0) is 5.53 Å². The Hall–Kier alpha value is -2.01. The van der Waals surface area contributed by atoms with Crippen LogP contribution in [-0.2, 0) is 31.6 Å². The first kappa shape index (κ1) is 25.6. The summed E-state index contributed by atoms with van der Waals surface area (Å²) in [5, 5.41) is 13.9. The molecule has 0 spiro atoms. The second-order valence-electron chi connectivity index (χ2n) is 6.20. The van der Waals surface area contributed by atoms with Crippen molar-refractivity contribution in [1.29, 1.82) is 0 Å². The number of aliphatic hydroxyl groups is 1. The Labute approximate surface area is 182 Å². The van der Waals surface area contributed by atoms with Crippen LogP contribution in [-0.4, -0.2) is 64.2 Å². The Kier molecular flexibility index (Phi) is 7.24. The second kappa shape index (κ2) is 9.32. The number of nitrogens with two attached hydrogens (primary N) is 1. The fourth-order valence-electron chi connectivity index (χ4n) is 2.80. The second-order valence-corrected chi connectivity index (χ2v) is 10.6. The Morgan fingerprint density at radius 3 is 2.61 bits per heavy atom. The number of aromatic nitrogens is 4. The minimum Gasteiger partial charge on any atom is -0.756 e. The molecule has 182 valence electrons. The van der Waals surface area contributed by atoms with Gasteiger partial charge in [0.05, 0.1) is 19.0 Å². The van der Waals surface area contributed by atoms with Crippen LogP contribution in [0.4, 0.5) is 5.82 Å². The van der Waals surface area contributed by atoms with Crippen molar-refractivity contribution in [2.75, 3.05) is 12.3 Å². The van der Waals surface area contributed by atoms with Gasteiger partial charge in [0.25, 0.3) is 7.82 Å². The predicted molar refractivity (Wildman–Crippen MR) is 100 cm³/mol. The summed E-state index contributed by atoms with van der Waals surface area (Å²) >= 11 is 0. The number of nitrogen functional groups attached to an aromatic ring is 1. The van der Waals surface area contributed by atoms with E-state index in [9.17, 15) is 23.7 Å². The molecule has 1 aliphatic heterocycles. The first-order valence-electron chi connectivity index (χ1n) is 8.30. The molecule has 0 radical (unpaired) electrons. The van der Waals surface area contributed by atoms with Crippen LogP contribution in [0.25, 0.3) is 21.6 Å². The van der Waals surface area contributed by atoms with E-state index >= 15 is 0 Å². The third-order valence-electron chi connectivity index (χ3n) is 3.99. The molecule has 6 atom stereocenters. The molecule has 0 aliphatic carbocycles. The van der Waals surface area contributed by atoms with E-state index in [1.54, 1.807) is 0 Å². The first-order chi connectivity index (χ1) is 15.2. The smallest absolute Gasteiger partial charge is 0.487 e. The van der Waals surface area contributed by atoms with Gasteiger partial charge in [-0.1, -0.05) is 5.11 Å². The van der Waals surface area contributed by atoms with E-state index in [0.29, 0.717) is 0 Å². The number of fused-ring (bicyclic) bond motifs is 1. The summed E-state index contributed by atoms with van der Waals surface area (Å²) in [7, 11) is -17.1. The zero-order chi connectivity index (χ0) is 24.6. The summed E-state index contributed by atoms with van der Waals surface area (Å²) in [5.74, 6) is 0.0212. The average Bonchev–Trinajstić information content (AvgIpc) is 3.20. The van der Waals surface area contributed by atoms with E-state index in [1.807, 2.05) is 0 Å². The molecule has 20 nitrogen and oxygen atoms in total.